The van der Waals surface area contributed by atoms with Crippen molar-refractivity contribution in [2.24, 2.45) is 0 Å². The van der Waals surface area contributed by atoms with Gasteiger partial charge in [0, 0.05) is 46.8 Å². The topological polar surface area (TPSA) is 233 Å². The first-order chi connectivity index (χ1) is 45.6. The summed E-state index contributed by atoms with van der Waals surface area (Å²) >= 11 is 40.9. The number of alkyl halides is 7. The molecule has 3 aromatic heterocycles. The van der Waals surface area contributed by atoms with Crippen molar-refractivity contribution in [1.29, 1.82) is 0 Å². The van der Waals surface area contributed by atoms with Crippen molar-refractivity contribution in [2.75, 3.05) is 5.88 Å². The summed E-state index contributed by atoms with van der Waals surface area (Å²) in [6, 6.07) is 48.0. The number of benzene rings is 9. The van der Waals surface area contributed by atoms with Crippen molar-refractivity contribution in [3.8, 4) is 44.9 Å². The van der Waals surface area contributed by atoms with Gasteiger partial charge in [0.15, 0.2) is 0 Å². The van der Waals surface area contributed by atoms with Crippen molar-refractivity contribution in [1.82, 2.24) is 45.4 Å². The third-order valence-electron chi connectivity index (χ3n) is 14.0. The molecule has 12 rings (SSSR count). The van der Waals surface area contributed by atoms with Crippen LogP contribution in [0.4, 0.5) is 26.3 Å². The Bertz CT molecular complexity index is 4730. The van der Waals surface area contributed by atoms with Gasteiger partial charge >= 0.3 is 12.7 Å². The van der Waals surface area contributed by atoms with Gasteiger partial charge in [0.05, 0.1) is 41.2 Å². The van der Waals surface area contributed by atoms with Gasteiger partial charge in [-0.1, -0.05) is 176 Å². The summed E-state index contributed by atoms with van der Waals surface area (Å²) in [5.41, 5.74) is 7.03. The minimum atomic E-state index is -4.78. The Morgan fingerprint density at radius 1 is 0.438 bits per heavy atom. The molecule has 12 aromatic rings. The van der Waals surface area contributed by atoms with Crippen LogP contribution in [0.25, 0.3) is 66.1 Å². The van der Waals surface area contributed by atoms with E-state index in [0.717, 1.165) is 20.5 Å². The minimum absolute atomic E-state index is 0.126. The van der Waals surface area contributed by atoms with E-state index in [4.69, 9.17) is 81.2 Å². The van der Waals surface area contributed by atoms with Crippen molar-refractivity contribution >= 4 is 114 Å². The summed E-state index contributed by atoms with van der Waals surface area (Å²) in [7, 11) is 0. The van der Waals surface area contributed by atoms with Crippen molar-refractivity contribution in [2.45, 2.75) is 51.0 Å². The van der Waals surface area contributed by atoms with Crippen molar-refractivity contribution < 1.29 is 51.1 Å². The zero-order chi connectivity index (χ0) is 69.2. The van der Waals surface area contributed by atoms with E-state index in [1.807, 2.05) is 37.3 Å². The Balaban J connectivity index is 0.000000160. The molecule has 0 radical (unpaired) electrons. The summed E-state index contributed by atoms with van der Waals surface area (Å²) in [6.45, 7) is 1.65. The molecule has 3 unspecified atom stereocenters. The number of nitrogens with zero attached hydrogens (tertiary/aromatic N) is 8. The fraction of sp³-hybridized carbons (Fsp3) is 0.136. The van der Waals surface area contributed by atoms with Crippen LogP contribution >= 0.6 is 81.2 Å². The van der Waals surface area contributed by atoms with Gasteiger partial charge in [0.25, 0.3) is 16.7 Å². The fourth-order valence-electron chi connectivity index (χ4n) is 9.29. The number of aromatic amines is 1. The first kappa shape index (κ1) is 71.6. The largest absolute Gasteiger partial charge is 0.573 e. The van der Waals surface area contributed by atoms with E-state index < -0.39 is 42.2 Å². The van der Waals surface area contributed by atoms with Gasteiger partial charge in [0.2, 0.25) is 0 Å². The molecule has 3 atom stereocenters. The lowest BCUT2D eigenvalue weighted by molar-refractivity contribution is -0.275. The molecule has 4 N–H and O–H groups in total. The molecule has 30 heteroatoms. The normalized spacial score (nSPS) is 12.3. The van der Waals surface area contributed by atoms with Gasteiger partial charge in [-0.2, -0.15) is 0 Å². The second kappa shape index (κ2) is 31.4. The highest BCUT2D eigenvalue weighted by atomic mass is 35.5. The van der Waals surface area contributed by atoms with Crippen molar-refractivity contribution in [3.63, 3.8) is 0 Å². The van der Waals surface area contributed by atoms with Gasteiger partial charge in [-0.15, -0.1) is 53.2 Å². The number of aromatic nitrogens is 9. The number of rotatable bonds is 13. The summed E-state index contributed by atoms with van der Waals surface area (Å²) in [5.74, 6) is -0.577. The maximum atomic E-state index is 13.0. The van der Waals surface area contributed by atoms with Crippen LogP contribution in [0.1, 0.15) is 40.6 Å². The Hall–Kier alpha value is -8.72. The summed E-state index contributed by atoms with van der Waals surface area (Å²) in [5, 5.41) is 59.3. The number of ether oxygens (including phenoxy) is 2. The molecule has 9 aromatic carbocycles. The number of hydrogen-bond donors (Lipinski definition) is 4. The van der Waals surface area contributed by atoms with Crippen molar-refractivity contribution in [3.05, 3.63) is 265 Å². The molecule has 0 bridgehead atoms. The highest BCUT2D eigenvalue weighted by Gasteiger charge is 2.32. The molecule has 0 saturated carbocycles. The van der Waals surface area contributed by atoms with Gasteiger partial charge in [-0.3, -0.25) is 14.4 Å². The molecule has 0 aliphatic heterocycles. The molecule has 494 valence electrons. The number of nitrogens with one attached hydrogen (secondary N) is 1. The third kappa shape index (κ3) is 18.8. The predicted octanol–water partition coefficient (Wildman–Crippen LogP) is 16.4. The molecular weight excluding hydrogens is 1410 g/mol. The number of fused-ring (bicyclic) bond motifs is 3. The van der Waals surface area contributed by atoms with Crippen LogP contribution in [0.2, 0.25) is 30.1 Å². The SMILES string of the molecule is Cc1ccc(-c2ccc3nn[nH]c(=O)c3c2)cc1.O=c1c2cc(-c3ccc(OC(F)(F)F)cc3)ccc2nnn1CC(O)c1ccc(Cl)cc1Cl.O=c1c2cc(-c3ccc(OC(F)(F)F)cc3)ccc2nnn1CC(O)c1ccc(Cl)cc1Cl.OC(CCl)c1ccc(Cl)cc1Cl. The molecule has 0 fully saturated rings. The van der Waals surface area contributed by atoms with Crippen LogP contribution in [-0.2, 0) is 13.1 Å². The molecule has 0 saturated heterocycles. The third-order valence-corrected chi connectivity index (χ3v) is 16.0. The van der Waals surface area contributed by atoms with Crippen LogP contribution in [0.3, 0.4) is 0 Å². The van der Waals surface area contributed by atoms with Gasteiger partial charge in [-0.05, 0) is 137 Å². The monoisotopic (exact) mass is 1450 g/mol. The van der Waals surface area contributed by atoms with E-state index in [1.165, 1.54) is 66.2 Å². The standard InChI is InChI=1S/2C22H14Cl2F3N3O3.C14H11N3O.C8H7Cl3O/c2*23-14-4-7-16(18(24)10-14)20(31)11-30-21(32)17-9-13(3-8-19(17)28-29-30)12-1-5-15(6-2-12)33-22(25,26)27;1-9-2-4-10(5-3-9)11-6-7-13-12(8-11)14(18)16-17-15-13;9-4-8(12)6-2-1-5(10)3-7(6)11/h2*1-10,20,31H,11H2;2-8H,1H3,(H,15,16,18);1-3,8,12H,4H2. The van der Waals surface area contributed by atoms with Crippen LogP contribution in [0.15, 0.2) is 196 Å². The quantitative estimate of drug-likeness (QED) is 0.0621. The molecule has 0 spiro atoms. The smallest absolute Gasteiger partial charge is 0.406 e. The summed E-state index contributed by atoms with van der Waals surface area (Å²) in [6.07, 6.45) is -12.6. The number of halogens is 13. The lowest BCUT2D eigenvalue weighted by Crippen LogP contribution is -2.27. The first-order valence-corrected chi connectivity index (χ1v) is 30.7. The van der Waals surface area contributed by atoms with E-state index in [1.54, 1.807) is 78.9 Å². The molecule has 0 amide bonds. The zero-order valence-electron chi connectivity index (χ0n) is 49.0. The number of H-pyrrole nitrogens is 1. The van der Waals surface area contributed by atoms with Crippen LogP contribution in [-0.4, -0.2) is 79.3 Å². The lowest BCUT2D eigenvalue weighted by atomic mass is 10.0. The minimum Gasteiger partial charge on any atom is -0.406 e. The number of aryl methyl sites for hydroxylation is 1. The first-order valence-electron chi connectivity index (χ1n) is 27.9. The Morgan fingerprint density at radius 3 is 1.12 bits per heavy atom. The highest BCUT2D eigenvalue weighted by Crippen LogP contribution is 2.33. The fourth-order valence-corrected chi connectivity index (χ4v) is 11.1. The predicted molar refractivity (Wildman–Crippen MR) is 357 cm³/mol. The maximum absolute atomic E-state index is 13.0. The molecule has 0 aliphatic rings. The number of aliphatic hydroxyl groups is 3. The van der Waals surface area contributed by atoms with E-state index in [-0.39, 0.29) is 56.8 Å². The highest BCUT2D eigenvalue weighted by molar-refractivity contribution is 6.36. The lowest BCUT2D eigenvalue weighted by Gasteiger charge is -2.14. The van der Waals surface area contributed by atoms with Gasteiger partial charge in [-0.25, -0.2) is 14.5 Å². The number of aliphatic hydroxyl groups excluding tert-OH is 3. The average Bonchev–Trinajstić information content (AvgIpc) is 0.805. The summed E-state index contributed by atoms with van der Waals surface area (Å²) in [4.78, 5) is 37.6. The van der Waals surface area contributed by atoms with E-state index >= 15 is 0 Å². The Labute approximate surface area is 574 Å². The maximum Gasteiger partial charge on any atom is 0.573 e. The second-order valence-corrected chi connectivity index (χ2v) is 23.5. The second-order valence-electron chi connectivity index (χ2n) is 20.7. The zero-order valence-corrected chi connectivity index (χ0v) is 54.3. The molecule has 96 heavy (non-hydrogen) atoms. The summed E-state index contributed by atoms with van der Waals surface area (Å²) < 4.78 is 83.9. The Kier molecular flexibility index (Phi) is 23.4. The molecule has 0 aliphatic carbocycles. The van der Waals surface area contributed by atoms with Crippen LogP contribution in [0.5, 0.6) is 11.5 Å². The van der Waals surface area contributed by atoms with Crippen LogP contribution < -0.4 is 26.2 Å². The van der Waals surface area contributed by atoms with Crippen LogP contribution in [0, 0.1) is 6.92 Å². The van der Waals surface area contributed by atoms with Gasteiger partial charge < -0.3 is 24.8 Å². The average molecular weight is 1460 g/mol. The molecule has 17 nitrogen and oxygen atoms in total. The van der Waals surface area contributed by atoms with E-state index in [0.29, 0.717) is 81.0 Å². The number of hydrogen-bond acceptors (Lipinski definition) is 14. The van der Waals surface area contributed by atoms with Gasteiger partial charge in [0.1, 0.15) is 40.3 Å². The molecule has 3 heterocycles. The van der Waals surface area contributed by atoms with E-state index in [9.17, 15) is 56.0 Å². The molecular formula is C66H46Cl7F6N9O8. The van der Waals surface area contributed by atoms with E-state index in [2.05, 4.69) is 57.6 Å². The Morgan fingerprint density at radius 2 is 0.771 bits per heavy atom.